The van der Waals surface area contributed by atoms with Gasteiger partial charge in [0.2, 0.25) is 0 Å². The number of carboxylic acid groups (broad SMARTS) is 1. The molecule has 0 fully saturated rings. The van der Waals surface area contributed by atoms with E-state index < -0.39 is 11.8 Å². The fraction of sp³-hybridized carbons (Fsp3) is 0. The number of carboxylic acids is 1. The average molecular weight is 420 g/mol. The van der Waals surface area contributed by atoms with Gasteiger partial charge in [-0.2, -0.15) is 5.10 Å². The van der Waals surface area contributed by atoms with Gasteiger partial charge < -0.3 is 9.90 Å². The van der Waals surface area contributed by atoms with Crippen LogP contribution in [0.1, 0.15) is 10.5 Å². The van der Waals surface area contributed by atoms with Gasteiger partial charge in [0.15, 0.2) is 5.65 Å². The summed E-state index contributed by atoms with van der Waals surface area (Å²) in [6.07, 6.45) is 4.39. The summed E-state index contributed by atoms with van der Waals surface area (Å²) in [5.74, 6) is -1.89. The number of aromatic nitrogens is 5. The Balaban J connectivity index is 0.00000210. The van der Waals surface area contributed by atoms with Crippen molar-refractivity contribution in [3.8, 4) is 22.5 Å². The van der Waals surface area contributed by atoms with E-state index in [4.69, 9.17) is 0 Å². The number of nitrogens with zero attached hydrogens (tertiary/aromatic N) is 5. The quantitative estimate of drug-likeness (QED) is 0.400. The minimum Gasteiger partial charge on any atom is -0.543 e. The van der Waals surface area contributed by atoms with Crippen LogP contribution in [0.2, 0.25) is 0 Å². The predicted octanol–water partition coefficient (Wildman–Crippen LogP) is -0.878. The molecule has 0 spiro atoms. The molecular formula is C17H8BrFLiN5O2. The summed E-state index contributed by atoms with van der Waals surface area (Å²) < 4.78 is 16.3. The first-order valence-electron chi connectivity index (χ1n) is 7.36. The molecule has 4 rings (SSSR count). The topological polar surface area (TPSA) is 96.1 Å². The number of hydrogen-bond acceptors (Lipinski definition) is 6. The first kappa shape index (κ1) is 19.2. The van der Waals surface area contributed by atoms with Crippen LogP contribution in [0.25, 0.3) is 28.2 Å². The third-order valence-corrected chi connectivity index (χ3v) is 4.19. The van der Waals surface area contributed by atoms with Crippen LogP contribution >= 0.6 is 15.9 Å². The summed E-state index contributed by atoms with van der Waals surface area (Å²) >= 11 is 3.21. The summed E-state index contributed by atoms with van der Waals surface area (Å²) in [6.45, 7) is 0. The van der Waals surface area contributed by atoms with Gasteiger partial charge in [-0.25, -0.2) is 23.9 Å². The third-order valence-electron chi connectivity index (χ3n) is 3.70. The Kier molecular flexibility index (Phi) is 5.37. The summed E-state index contributed by atoms with van der Waals surface area (Å²) in [5.41, 5.74) is 1.49. The van der Waals surface area contributed by atoms with Crippen LogP contribution in [-0.2, 0) is 0 Å². The van der Waals surface area contributed by atoms with Crippen molar-refractivity contribution in [2.45, 2.75) is 0 Å². The summed E-state index contributed by atoms with van der Waals surface area (Å²) in [4.78, 5) is 23.2. The molecule has 7 nitrogen and oxygen atoms in total. The molecule has 0 aliphatic heterocycles. The van der Waals surface area contributed by atoms with Crippen LogP contribution in [0, 0.1) is 5.82 Å². The Morgan fingerprint density at radius 1 is 1.15 bits per heavy atom. The number of fused-ring (bicyclic) bond motifs is 1. The Labute approximate surface area is 172 Å². The summed E-state index contributed by atoms with van der Waals surface area (Å²) in [7, 11) is 0. The van der Waals surface area contributed by atoms with Crippen molar-refractivity contribution in [1.82, 2.24) is 24.6 Å². The van der Waals surface area contributed by atoms with Gasteiger partial charge in [0.05, 0.1) is 23.1 Å². The second kappa shape index (κ2) is 7.56. The fourth-order valence-corrected chi connectivity index (χ4v) is 2.88. The number of halogens is 2. The van der Waals surface area contributed by atoms with E-state index in [0.29, 0.717) is 21.4 Å². The second-order valence-electron chi connectivity index (χ2n) is 5.36. The molecule has 10 heteroatoms. The van der Waals surface area contributed by atoms with E-state index >= 15 is 0 Å². The zero-order valence-electron chi connectivity index (χ0n) is 13.9. The van der Waals surface area contributed by atoms with Crippen LogP contribution in [-0.4, -0.2) is 30.5 Å². The van der Waals surface area contributed by atoms with Crippen molar-refractivity contribution in [2.75, 3.05) is 0 Å². The van der Waals surface area contributed by atoms with E-state index in [-0.39, 0.29) is 35.8 Å². The standard InChI is InChI=1S/C17H9BrFN5O2.Li/c18-10-1-2-11(12(19)3-10)13-5-16-22-14(17(25)26)4-15(24(16)23-13)9-6-20-8-21-7-9;/h1-8H,(H,25,26);/q;+1/p-1. The first-order chi connectivity index (χ1) is 12.5. The van der Waals surface area contributed by atoms with Gasteiger partial charge in [0, 0.05) is 34.1 Å². The zero-order chi connectivity index (χ0) is 18.3. The molecule has 1 aromatic carbocycles. The third kappa shape index (κ3) is 3.62. The molecule has 128 valence electrons. The molecule has 0 bridgehead atoms. The van der Waals surface area contributed by atoms with Gasteiger partial charge in [0.1, 0.15) is 12.1 Å². The Bertz CT molecular complexity index is 1150. The van der Waals surface area contributed by atoms with E-state index in [9.17, 15) is 14.3 Å². The van der Waals surface area contributed by atoms with E-state index in [2.05, 4.69) is 36.0 Å². The van der Waals surface area contributed by atoms with E-state index in [0.717, 1.165) is 0 Å². The van der Waals surface area contributed by atoms with E-state index in [1.54, 1.807) is 12.1 Å². The first-order valence-corrected chi connectivity index (χ1v) is 8.15. The minimum atomic E-state index is -1.43. The van der Waals surface area contributed by atoms with Gasteiger partial charge in [-0.05, 0) is 24.3 Å². The van der Waals surface area contributed by atoms with E-state index in [1.807, 2.05) is 0 Å². The van der Waals surface area contributed by atoms with Crippen LogP contribution in [0.4, 0.5) is 4.39 Å². The van der Waals surface area contributed by atoms with Crippen LogP contribution in [0.15, 0.2) is 53.5 Å². The maximum Gasteiger partial charge on any atom is 1.00 e. The van der Waals surface area contributed by atoms with Crippen molar-refractivity contribution >= 4 is 27.5 Å². The smallest absolute Gasteiger partial charge is 0.543 e. The molecule has 3 aromatic heterocycles. The molecule has 0 radical (unpaired) electrons. The zero-order valence-corrected chi connectivity index (χ0v) is 15.5. The number of benzene rings is 1. The van der Waals surface area contributed by atoms with E-state index in [1.165, 1.54) is 41.4 Å². The molecule has 0 amide bonds. The Hall–Kier alpha value is -2.60. The molecule has 4 aromatic rings. The number of aromatic carboxylic acids is 1. The molecule has 0 aliphatic rings. The molecule has 0 saturated heterocycles. The average Bonchev–Trinajstić information content (AvgIpc) is 3.05. The van der Waals surface area contributed by atoms with Gasteiger partial charge in [-0.15, -0.1) is 0 Å². The largest absolute Gasteiger partial charge is 1.00 e. The second-order valence-corrected chi connectivity index (χ2v) is 6.28. The van der Waals surface area contributed by atoms with Crippen LogP contribution in [0.5, 0.6) is 0 Å². The molecule has 0 atom stereocenters. The molecular weight excluding hydrogens is 412 g/mol. The van der Waals surface area contributed by atoms with Crippen molar-refractivity contribution < 1.29 is 33.2 Å². The maximum absolute atomic E-state index is 14.3. The SMILES string of the molecule is O=C([O-])c1cc(-c2cncnc2)n2nc(-c3ccc(Br)cc3F)cc2n1.[Li+]. The number of carbonyl (C=O) groups is 1. The van der Waals surface area contributed by atoms with Crippen molar-refractivity contribution in [3.05, 3.63) is 65.0 Å². The van der Waals surface area contributed by atoms with Crippen molar-refractivity contribution in [2.24, 2.45) is 0 Å². The molecule has 27 heavy (non-hydrogen) atoms. The molecule has 0 N–H and O–H groups in total. The van der Waals surface area contributed by atoms with Crippen molar-refractivity contribution in [3.63, 3.8) is 0 Å². The predicted molar refractivity (Wildman–Crippen MR) is 91.4 cm³/mol. The normalized spacial score (nSPS) is 10.6. The fourth-order valence-electron chi connectivity index (χ4n) is 2.54. The van der Waals surface area contributed by atoms with Gasteiger partial charge in [-0.1, -0.05) is 15.9 Å². The molecule has 0 unspecified atom stereocenters. The number of rotatable bonds is 3. The van der Waals surface area contributed by atoms with Gasteiger partial charge in [-0.3, -0.25) is 0 Å². The maximum atomic E-state index is 14.3. The minimum absolute atomic E-state index is 0. The number of hydrogen-bond donors (Lipinski definition) is 0. The molecule has 0 saturated carbocycles. The van der Waals surface area contributed by atoms with Gasteiger partial charge in [0.25, 0.3) is 0 Å². The molecule has 0 aliphatic carbocycles. The van der Waals surface area contributed by atoms with Crippen molar-refractivity contribution in [1.29, 1.82) is 0 Å². The summed E-state index contributed by atoms with van der Waals surface area (Å²) in [6, 6.07) is 7.41. The van der Waals surface area contributed by atoms with Gasteiger partial charge >= 0.3 is 18.9 Å². The Morgan fingerprint density at radius 3 is 2.56 bits per heavy atom. The van der Waals surface area contributed by atoms with Crippen LogP contribution < -0.4 is 24.0 Å². The van der Waals surface area contributed by atoms with Crippen LogP contribution in [0.3, 0.4) is 0 Å². The molecule has 3 heterocycles. The summed E-state index contributed by atoms with van der Waals surface area (Å²) in [5, 5.41) is 15.7. The Morgan fingerprint density at radius 2 is 1.89 bits per heavy atom. The number of carbonyl (C=O) groups excluding carboxylic acids is 1. The monoisotopic (exact) mass is 419 g/mol.